The fourth-order valence-corrected chi connectivity index (χ4v) is 3.25. The summed E-state index contributed by atoms with van der Waals surface area (Å²) in [7, 11) is 3.52. The number of hydrogen-bond acceptors (Lipinski definition) is 3. The molecule has 0 unspecified atom stereocenters. The summed E-state index contributed by atoms with van der Waals surface area (Å²) in [6.07, 6.45) is 3.85. The van der Waals surface area contributed by atoms with Crippen LogP contribution in [0.25, 0.3) is 0 Å². The molecule has 0 aromatic heterocycles. The molecule has 0 bridgehead atoms. The molecule has 4 nitrogen and oxygen atoms in total. The first kappa shape index (κ1) is 15.8. The van der Waals surface area contributed by atoms with Crippen LogP contribution in [0, 0.1) is 5.41 Å². The number of amides is 1. The van der Waals surface area contributed by atoms with Crippen LogP contribution in [-0.2, 0) is 4.79 Å². The van der Waals surface area contributed by atoms with Crippen LogP contribution in [0.4, 0.5) is 5.69 Å². The van der Waals surface area contributed by atoms with Gasteiger partial charge in [-0.25, -0.2) is 0 Å². The third-order valence-electron chi connectivity index (χ3n) is 4.49. The Morgan fingerprint density at radius 1 is 1.38 bits per heavy atom. The molecule has 0 radical (unpaired) electrons. The summed E-state index contributed by atoms with van der Waals surface area (Å²) < 4.78 is 5.25. The van der Waals surface area contributed by atoms with E-state index in [0.717, 1.165) is 50.2 Å². The molecule has 1 heterocycles. The van der Waals surface area contributed by atoms with Crippen LogP contribution in [0.1, 0.15) is 32.6 Å². The molecule has 1 aliphatic heterocycles. The second-order valence-corrected chi connectivity index (χ2v) is 5.85. The lowest BCUT2D eigenvalue weighted by Crippen LogP contribution is -2.48. The number of anilines is 1. The van der Waals surface area contributed by atoms with Crippen LogP contribution >= 0.6 is 0 Å². The smallest absolute Gasteiger partial charge is 0.233 e. The van der Waals surface area contributed by atoms with Gasteiger partial charge in [-0.05, 0) is 44.5 Å². The lowest BCUT2D eigenvalue weighted by Gasteiger charge is -2.39. The topological polar surface area (TPSA) is 41.6 Å². The molecular formula is C17H26N2O2. The van der Waals surface area contributed by atoms with E-state index in [0.29, 0.717) is 0 Å². The molecule has 1 amide bonds. The van der Waals surface area contributed by atoms with E-state index in [-0.39, 0.29) is 11.3 Å². The van der Waals surface area contributed by atoms with Crippen LogP contribution in [0.15, 0.2) is 24.3 Å². The van der Waals surface area contributed by atoms with Crippen LogP contribution in [0.3, 0.4) is 0 Å². The number of benzene rings is 1. The monoisotopic (exact) mass is 290 g/mol. The van der Waals surface area contributed by atoms with Crippen molar-refractivity contribution >= 4 is 11.6 Å². The third kappa shape index (κ3) is 3.38. The molecule has 0 atom stereocenters. The molecule has 1 aromatic carbocycles. The predicted molar refractivity (Wildman–Crippen MR) is 85.8 cm³/mol. The van der Waals surface area contributed by atoms with E-state index in [1.807, 2.05) is 31.3 Å². The van der Waals surface area contributed by atoms with Gasteiger partial charge in [-0.15, -0.1) is 0 Å². The molecule has 0 saturated carbocycles. The highest BCUT2D eigenvalue weighted by atomic mass is 16.5. The standard InChI is InChI=1S/C17H26N2O2/c1-4-8-17(9-11-18-12-10-17)16(20)19(2)14-6-5-7-15(13-14)21-3/h5-7,13,18H,4,8-12H2,1-3H3. The fraction of sp³-hybridized carbons (Fsp3) is 0.588. The Balaban J connectivity index is 2.22. The molecule has 21 heavy (non-hydrogen) atoms. The van der Waals surface area contributed by atoms with E-state index >= 15 is 0 Å². The molecule has 1 saturated heterocycles. The Bertz CT molecular complexity index is 476. The number of hydrogen-bond donors (Lipinski definition) is 1. The van der Waals surface area contributed by atoms with Gasteiger partial charge in [0, 0.05) is 18.8 Å². The molecular weight excluding hydrogens is 264 g/mol. The minimum Gasteiger partial charge on any atom is -0.497 e. The Hall–Kier alpha value is -1.55. The van der Waals surface area contributed by atoms with Gasteiger partial charge in [0.25, 0.3) is 0 Å². The first-order valence-electron chi connectivity index (χ1n) is 7.76. The summed E-state index contributed by atoms with van der Waals surface area (Å²) in [5.74, 6) is 1.01. The van der Waals surface area contributed by atoms with Crippen molar-refractivity contribution in [2.24, 2.45) is 5.41 Å². The van der Waals surface area contributed by atoms with Crippen molar-refractivity contribution in [3.05, 3.63) is 24.3 Å². The minimum absolute atomic E-state index is 0.210. The van der Waals surface area contributed by atoms with Gasteiger partial charge in [-0.3, -0.25) is 4.79 Å². The van der Waals surface area contributed by atoms with E-state index in [2.05, 4.69) is 12.2 Å². The first-order chi connectivity index (χ1) is 10.1. The van der Waals surface area contributed by atoms with Crippen molar-refractivity contribution in [3.63, 3.8) is 0 Å². The number of carbonyl (C=O) groups excluding carboxylic acids is 1. The lowest BCUT2D eigenvalue weighted by molar-refractivity contribution is -0.130. The van der Waals surface area contributed by atoms with Gasteiger partial charge in [0.1, 0.15) is 5.75 Å². The van der Waals surface area contributed by atoms with Crippen molar-refractivity contribution < 1.29 is 9.53 Å². The van der Waals surface area contributed by atoms with Crippen molar-refractivity contribution in [2.45, 2.75) is 32.6 Å². The highest BCUT2D eigenvalue weighted by Gasteiger charge is 2.40. The highest BCUT2D eigenvalue weighted by molar-refractivity contribution is 5.97. The second kappa shape index (κ2) is 6.94. The number of nitrogens with one attached hydrogen (secondary N) is 1. The third-order valence-corrected chi connectivity index (χ3v) is 4.49. The second-order valence-electron chi connectivity index (χ2n) is 5.85. The van der Waals surface area contributed by atoms with Gasteiger partial charge in [-0.2, -0.15) is 0 Å². The van der Waals surface area contributed by atoms with Crippen LogP contribution in [0.2, 0.25) is 0 Å². The van der Waals surface area contributed by atoms with Gasteiger partial charge in [-0.1, -0.05) is 19.4 Å². The van der Waals surface area contributed by atoms with Crippen LogP contribution in [-0.4, -0.2) is 33.2 Å². The van der Waals surface area contributed by atoms with Crippen molar-refractivity contribution in [3.8, 4) is 5.75 Å². The molecule has 2 rings (SSSR count). The van der Waals surface area contributed by atoms with Gasteiger partial charge in [0.15, 0.2) is 0 Å². The summed E-state index contributed by atoms with van der Waals surface area (Å²) in [6, 6.07) is 7.70. The summed E-state index contributed by atoms with van der Waals surface area (Å²) in [6.45, 7) is 4.01. The zero-order valence-corrected chi connectivity index (χ0v) is 13.3. The van der Waals surface area contributed by atoms with E-state index in [1.54, 1.807) is 12.0 Å². The Kier molecular flexibility index (Phi) is 5.23. The molecule has 4 heteroatoms. The minimum atomic E-state index is -0.210. The van der Waals surface area contributed by atoms with Gasteiger partial charge < -0.3 is 15.0 Å². The van der Waals surface area contributed by atoms with Gasteiger partial charge in [0.2, 0.25) is 5.91 Å². The maximum absolute atomic E-state index is 13.1. The van der Waals surface area contributed by atoms with Gasteiger partial charge in [0.05, 0.1) is 12.5 Å². The Labute approximate surface area is 127 Å². The van der Waals surface area contributed by atoms with Crippen molar-refractivity contribution in [1.82, 2.24) is 5.32 Å². The maximum Gasteiger partial charge on any atom is 0.233 e. The summed E-state index contributed by atoms with van der Waals surface area (Å²) in [5.41, 5.74) is 0.686. The predicted octanol–water partition coefficient (Wildman–Crippen LogP) is 2.83. The summed E-state index contributed by atoms with van der Waals surface area (Å²) >= 11 is 0. The van der Waals surface area contributed by atoms with Crippen molar-refractivity contribution in [2.75, 3.05) is 32.1 Å². The van der Waals surface area contributed by atoms with E-state index in [4.69, 9.17) is 4.74 Å². The highest BCUT2D eigenvalue weighted by Crippen LogP contribution is 2.37. The first-order valence-corrected chi connectivity index (χ1v) is 7.76. The van der Waals surface area contributed by atoms with E-state index in [9.17, 15) is 4.79 Å². The number of ether oxygens (including phenoxy) is 1. The largest absolute Gasteiger partial charge is 0.497 e. The number of carbonyl (C=O) groups is 1. The zero-order valence-electron chi connectivity index (χ0n) is 13.3. The van der Waals surface area contributed by atoms with Gasteiger partial charge >= 0.3 is 0 Å². The quantitative estimate of drug-likeness (QED) is 0.906. The average Bonchev–Trinajstić information content (AvgIpc) is 2.54. The molecule has 1 aliphatic rings. The zero-order chi connectivity index (χ0) is 15.3. The Morgan fingerprint density at radius 2 is 2.10 bits per heavy atom. The van der Waals surface area contributed by atoms with Crippen LogP contribution in [0.5, 0.6) is 5.75 Å². The fourth-order valence-electron chi connectivity index (χ4n) is 3.25. The molecule has 1 fully saturated rings. The molecule has 0 spiro atoms. The molecule has 1 N–H and O–H groups in total. The summed E-state index contributed by atoms with van der Waals surface area (Å²) in [4.78, 5) is 14.9. The van der Waals surface area contributed by atoms with E-state index in [1.165, 1.54) is 0 Å². The Morgan fingerprint density at radius 3 is 2.71 bits per heavy atom. The summed E-state index contributed by atoms with van der Waals surface area (Å²) in [5, 5.41) is 3.36. The molecule has 0 aliphatic carbocycles. The lowest BCUT2D eigenvalue weighted by atomic mass is 9.74. The maximum atomic E-state index is 13.1. The SMILES string of the molecule is CCCC1(C(=O)N(C)c2cccc(OC)c2)CCNCC1. The normalized spacial score (nSPS) is 17.3. The number of rotatable bonds is 5. The van der Waals surface area contributed by atoms with E-state index < -0.39 is 0 Å². The number of methoxy groups -OCH3 is 1. The van der Waals surface area contributed by atoms with Crippen LogP contribution < -0.4 is 15.0 Å². The average molecular weight is 290 g/mol. The number of nitrogens with zero attached hydrogens (tertiary/aromatic N) is 1. The number of piperidine rings is 1. The van der Waals surface area contributed by atoms with Crippen molar-refractivity contribution in [1.29, 1.82) is 0 Å². The molecule has 116 valence electrons. The molecule has 1 aromatic rings.